The first-order valence-corrected chi connectivity index (χ1v) is 10.9. The smallest absolute Gasteiger partial charge is 0.154 e. The molecule has 8 heteroatoms. The van der Waals surface area contributed by atoms with Crippen molar-refractivity contribution in [1.82, 2.24) is 15.1 Å². The third kappa shape index (κ3) is 4.10. The summed E-state index contributed by atoms with van der Waals surface area (Å²) in [5, 5.41) is 17.5. The van der Waals surface area contributed by atoms with Crippen LogP contribution in [0.15, 0.2) is 30.3 Å². The molecule has 0 bridgehead atoms. The molecular weight excluding hydrogens is 362 g/mol. The summed E-state index contributed by atoms with van der Waals surface area (Å²) in [5.41, 5.74) is 3.48. The molecule has 2 aliphatic rings. The normalized spacial score (nSPS) is 19.3. The van der Waals surface area contributed by atoms with Crippen molar-refractivity contribution < 1.29 is 8.42 Å². The number of sulfone groups is 1. The molecule has 2 aliphatic heterocycles. The Morgan fingerprint density at radius 1 is 1.07 bits per heavy atom. The van der Waals surface area contributed by atoms with Gasteiger partial charge in [0.25, 0.3) is 0 Å². The van der Waals surface area contributed by atoms with Crippen molar-refractivity contribution in [3.05, 3.63) is 52.7 Å². The van der Waals surface area contributed by atoms with Crippen molar-refractivity contribution in [2.45, 2.75) is 18.7 Å². The molecule has 0 unspecified atom stereocenters. The van der Waals surface area contributed by atoms with Crippen molar-refractivity contribution >= 4 is 15.7 Å². The van der Waals surface area contributed by atoms with Gasteiger partial charge in [-0.15, -0.1) is 5.10 Å². The van der Waals surface area contributed by atoms with Gasteiger partial charge in [-0.3, -0.25) is 4.90 Å². The summed E-state index contributed by atoms with van der Waals surface area (Å²) < 4.78 is 23.7. The quantitative estimate of drug-likeness (QED) is 0.785. The van der Waals surface area contributed by atoms with E-state index in [0.717, 1.165) is 49.8 Å². The van der Waals surface area contributed by atoms with Crippen molar-refractivity contribution in [1.29, 1.82) is 5.26 Å². The Morgan fingerprint density at radius 3 is 2.52 bits per heavy atom. The molecular formula is C19H21N5O2S. The monoisotopic (exact) mass is 383 g/mol. The molecule has 7 nitrogen and oxygen atoms in total. The minimum absolute atomic E-state index is 0.0729. The molecule has 0 saturated carbocycles. The highest BCUT2D eigenvalue weighted by atomic mass is 32.2. The van der Waals surface area contributed by atoms with Crippen LogP contribution in [0.3, 0.4) is 0 Å². The van der Waals surface area contributed by atoms with E-state index >= 15 is 0 Å². The van der Waals surface area contributed by atoms with Crippen LogP contribution in [0.5, 0.6) is 0 Å². The lowest BCUT2D eigenvalue weighted by molar-refractivity contribution is 0.249. The SMILES string of the molecule is N#Cc1ccc(CN2CCN(c3cc4c(nn3)CCS(=O)(=O)C4)CC2)cc1. The zero-order valence-corrected chi connectivity index (χ0v) is 15.8. The van der Waals surface area contributed by atoms with Gasteiger partial charge >= 0.3 is 0 Å². The fourth-order valence-electron chi connectivity index (χ4n) is 3.57. The van der Waals surface area contributed by atoms with E-state index in [1.807, 2.05) is 30.3 Å². The van der Waals surface area contributed by atoms with E-state index in [1.54, 1.807) is 0 Å². The average Bonchev–Trinajstić information content (AvgIpc) is 2.68. The summed E-state index contributed by atoms with van der Waals surface area (Å²) in [7, 11) is -3.01. The topological polar surface area (TPSA) is 90.2 Å². The maximum atomic E-state index is 11.9. The lowest BCUT2D eigenvalue weighted by Crippen LogP contribution is -2.46. The van der Waals surface area contributed by atoms with Gasteiger partial charge in [-0.2, -0.15) is 10.4 Å². The van der Waals surface area contributed by atoms with Crippen LogP contribution in [0, 0.1) is 11.3 Å². The molecule has 0 spiro atoms. The summed E-state index contributed by atoms with van der Waals surface area (Å²) in [6.07, 6.45) is 0.462. The van der Waals surface area contributed by atoms with Gasteiger partial charge < -0.3 is 4.90 Å². The molecule has 140 valence electrons. The molecule has 0 aliphatic carbocycles. The molecule has 1 saturated heterocycles. The highest BCUT2D eigenvalue weighted by Gasteiger charge is 2.25. The third-order valence-corrected chi connectivity index (χ3v) is 6.73. The van der Waals surface area contributed by atoms with Crippen LogP contribution in [0.2, 0.25) is 0 Å². The van der Waals surface area contributed by atoms with Gasteiger partial charge in [-0.05, 0) is 29.3 Å². The van der Waals surface area contributed by atoms with Crippen LogP contribution in [0.1, 0.15) is 22.4 Å². The van der Waals surface area contributed by atoms with Crippen LogP contribution >= 0.6 is 0 Å². The Labute approximate surface area is 159 Å². The predicted molar refractivity (Wildman–Crippen MR) is 102 cm³/mol. The largest absolute Gasteiger partial charge is 0.353 e. The van der Waals surface area contributed by atoms with Crippen LogP contribution in [-0.4, -0.2) is 55.4 Å². The maximum absolute atomic E-state index is 11.9. The van der Waals surface area contributed by atoms with Crippen molar-refractivity contribution in [3.63, 3.8) is 0 Å². The number of hydrogen-bond donors (Lipinski definition) is 0. The van der Waals surface area contributed by atoms with Crippen LogP contribution in [0.25, 0.3) is 0 Å². The standard InChI is InChI=1S/C19H21N5O2S/c20-12-15-1-3-16(4-2-15)13-23-6-8-24(9-7-23)19-11-17-14-27(25,26)10-5-18(17)21-22-19/h1-4,11H,5-10,13-14H2. The fourth-order valence-corrected chi connectivity index (χ4v) is 4.95. The molecule has 1 fully saturated rings. The van der Waals surface area contributed by atoms with E-state index in [4.69, 9.17) is 5.26 Å². The number of nitriles is 1. The zero-order chi connectivity index (χ0) is 18.9. The second-order valence-electron chi connectivity index (χ2n) is 7.09. The summed E-state index contributed by atoms with van der Waals surface area (Å²) in [5.74, 6) is 1.01. The van der Waals surface area contributed by atoms with Gasteiger partial charge in [-0.25, -0.2) is 8.42 Å². The number of anilines is 1. The minimum Gasteiger partial charge on any atom is -0.353 e. The number of aromatic nitrogens is 2. The molecule has 2 aromatic rings. The predicted octanol–water partition coefficient (Wildman–Crippen LogP) is 1.14. The van der Waals surface area contributed by atoms with Crippen molar-refractivity contribution in [2.75, 3.05) is 36.8 Å². The van der Waals surface area contributed by atoms with E-state index < -0.39 is 9.84 Å². The first-order chi connectivity index (χ1) is 13.0. The molecule has 27 heavy (non-hydrogen) atoms. The lowest BCUT2D eigenvalue weighted by atomic mass is 10.1. The van der Waals surface area contributed by atoms with Gasteiger partial charge in [0.05, 0.1) is 28.8 Å². The Kier molecular flexibility index (Phi) is 4.81. The van der Waals surface area contributed by atoms with E-state index in [0.29, 0.717) is 12.0 Å². The summed E-state index contributed by atoms with van der Waals surface area (Å²) in [4.78, 5) is 4.54. The zero-order valence-electron chi connectivity index (χ0n) is 15.0. The number of aryl methyl sites for hydroxylation is 1. The van der Waals surface area contributed by atoms with Crippen LogP contribution in [0.4, 0.5) is 5.82 Å². The molecule has 3 heterocycles. The van der Waals surface area contributed by atoms with Gasteiger partial charge in [0.15, 0.2) is 15.7 Å². The summed E-state index contributed by atoms with van der Waals surface area (Å²) in [6, 6.07) is 11.7. The third-order valence-electron chi connectivity index (χ3n) is 5.16. The average molecular weight is 383 g/mol. The summed E-state index contributed by atoms with van der Waals surface area (Å²) in [6.45, 7) is 4.31. The molecule has 1 aromatic carbocycles. The number of fused-ring (bicyclic) bond motifs is 1. The Hall–Kier alpha value is -2.50. The maximum Gasteiger partial charge on any atom is 0.154 e. The van der Waals surface area contributed by atoms with E-state index in [9.17, 15) is 8.42 Å². The molecule has 0 radical (unpaired) electrons. The molecule has 1 aromatic heterocycles. The van der Waals surface area contributed by atoms with E-state index in [2.05, 4.69) is 26.1 Å². The first-order valence-electron chi connectivity index (χ1n) is 9.05. The van der Waals surface area contributed by atoms with Gasteiger partial charge in [0, 0.05) is 39.1 Å². The highest BCUT2D eigenvalue weighted by Crippen LogP contribution is 2.23. The number of hydrogen-bond acceptors (Lipinski definition) is 7. The van der Waals surface area contributed by atoms with Crippen molar-refractivity contribution in [2.24, 2.45) is 0 Å². The number of piperazine rings is 1. The lowest BCUT2D eigenvalue weighted by Gasteiger charge is -2.35. The second kappa shape index (κ2) is 7.25. The first kappa shape index (κ1) is 17.9. The molecule has 0 N–H and O–H groups in total. The molecule has 4 rings (SSSR count). The van der Waals surface area contributed by atoms with Crippen molar-refractivity contribution in [3.8, 4) is 6.07 Å². The fraction of sp³-hybridized carbons (Fsp3) is 0.421. The van der Waals surface area contributed by atoms with Gasteiger partial charge in [0.2, 0.25) is 0 Å². The highest BCUT2D eigenvalue weighted by molar-refractivity contribution is 7.90. The van der Waals surface area contributed by atoms with Gasteiger partial charge in [-0.1, -0.05) is 12.1 Å². The molecule has 0 atom stereocenters. The number of nitrogens with zero attached hydrogens (tertiary/aromatic N) is 5. The number of benzene rings is 1. The van der Waals surface area contributed by atoms with Gasteiger partial charge in [0.1, 0.15) is 0 Å². The van der Waals surface area contributed by atoms with E-state index in [1.165, 1.54) is 5.56 Å². The Bertz CT molecular complexity index is 974. The minimum atomic E-state index is -3.01. The second-order valence-corrected chi connectivity index (χ2v) is 9.27. The Morgan fingerprint density at radius 2 is 1.81 bits per heavy atom. The van der Waals surface area contributed by atoms with Crippen LogP contribution < -0.4 is 4.90 Å². The Balaban J connectivity index is 1.38. The molecule has 0 amide bonds. The van der Waals surface area contributed by atoms with Crippen LogP contribution in [-0.2, 0) is 28.6 Å². The van der Waals surface area contributed by atoms with E-state index in [-0.39, 0.29) is 11.5 Å². The summed E-state index contributed by atoms with van der Waals surface area (Å²) >= 11 is 0. The number of rotatable bonds is 3.